The van der Waals surface area contributed by atoms with E-state index in [0.717, 1.165) is 32.4 Å². The van der Waals surface area contributed by atoms with Gasteiger partial charge in [0.2, 0.25) is 0 Å². The average molecular weight is 292 g/mol. The fourth-order valence-electron chi connectivity index (χ4n) is 2.59. The number of likely N-dealkylation sites (tertiary alicyclic amines) is 1. The summed E-state index contributed by atoms with van der Waals surface area (Å²) < 4.78 is 10.9. The fraction of sp³-hybridized carbons (Fsp3) is 0.562. The van der Waals surface area contributed by atoms with E-state index in [4.69, 9.17) is 15.2 Å². The van der Waals surface area contributed by atoms with E-state index in [0.29, 0.717) is 23.5 Å². The molecule has 0 bridgehead atoms. The van der Waals surface area contributed by atoms with Crippen molar-refractivity contribution in [2.45, 2.75) is 32.3 Å². The number of rotatable bonds is 5. The van der Waals surface area contributed by atoms with Crippen LogP contribution in [-0.4, -0.2) is 43.7 Å². The molecule has 0 saturated carbocycles. The van der Waals surface area contributed by atoms with E-state index in [9.17, 15) is 4.79 Å². The van der Waals surface area contributed by atoms with E-state index < -0.39 is 0 Å². The van der Waals surface area contributed by atoms with Gasteiger partial charge < -0.3 is 20.1 Å². The summed E-state index contributed by atoms with van der Waals surface area (Å²) in [4.78, 5) is 14.4. The molecule has 0 aliphatic carbocycles. The number of nitrogens with two attached hydrogens (primary N) is 1. The van der Waals surface area contributed by atoms with Crippen LogP contribution in [0.15, 0.2) is 18.2 Å². The largest absolute Gasteiger partial charge is 0.497 e. The number of ether oxygens (including phenoxy) is 2. The molecule has 2 N–H and O–H groups in total. The Labute approximate surface area is 126 Å². The number of nitrogens with zero attached hydrogens (tertiary/aromatic N) is 1. The topological polar surface area (TPSA) is 64.8 Å². The molecule has 1 aromatic rings. The minimum absolute atomic E-state index is 0.00889. The molecule has 5 nitrogen and oxygen atoms in total. The van der Waals surface area contributed by atoms with Gasteiger partial charge in [0.05, 0.1) is 13.2 Å². The summed E-state index contributed by atoms with van der Waals surface area (Å²) in [7, 11) is 1.57. The Kier molecular flexibility index (Phi) is 5.44. The van der Waals surface area contributed by atoms with Crippen molar-refractivity contribution in [3.63, 3.8) is 0 Å². The van der Waals surface area contributed by atoms with Crippen LogP contribution in [0.4, 0.5) is 5.69 Å². The number of anilines is 1. The number of carbonyl (C=O) groups excluding carboxylic acids is 1. The maximum atomic E-state index is 12.6. The van der Waals surface area contributed by atoms with Gasteiger partial charge in [0, 0.05) is 37.0 Å². The molecule has 2 rings (SSSR count). The molecular weight excluding hydrogens is 268 g/mol. The standard InChI is InChI=1S/C16H24N2O3/c1-3-7-21-14-5-4-6-18(11-14)16(19)12-8-13(17)10-15(9-12)20-2/h8-10,14H,3-7,11,17H2,1-2H3. The molecule has 1 aliphatic rings. The quantitative estimate of drug-likeness (QED) is 0.846. The van der Waals surface area contributed by atoms with Crippen LogP contribution >= 0.6 is 0 Å². The molecular formula is C16H24N2O3. The molecule has 1 aromatic carbocycles. The molecule has 21 heavy (non-hydrogen) atoms. The van der Waals surface area contributed by atoms with E-state index in [1.807, 2.05) is 4.90 Å². The van der Waals surface area contributed by atoms with Crippen LogP contribution in [0.3, 0.4) is 0 Å². The summed E-state index contributed by atoms with van der Waals surface area (Å²) >= 11 is 0. The second-order valence-corrected chi connectivity index (χ2v) is 5.38. The molecule has 1 heterocycles. The van der Waals surface area contributed by atoms with Crippen LogP contribution in [0.2, 0.25) is 0 Å². The number of benzene rings is 1. The normalized spacial score (nSPS) is 18.6. The van der Waals surface area contributed by atoms with Gasteiger partial charge in [-0.25, -0.2) is 0 Å². The Hall–Kier alpha value is -1.75. The molecule has 0 spiro atoms. The van der Waals surface area contributed by atoms with Crippen molar-refractivity contribution in [1.29, 1.82) is 0 Å². The van der Waals surface area contributed by atoms with Crippen LogP contribution in [0.25, 0.3) is 0 Å². The van der Waals surface area contributed by atoms with E-state index in [2.05, 4.69) is 6.92 Å². The number of amides is 1. The highest BCUT2D eigenvalue weighted by Gasteiger charge is 2.25. The van der Waals surface area contributed by atoms with Gasteiger partial charge in [0.15, 0.2) is 0 Å². The van der Waals surface area contributed by atoms with Crippen LogP contribution in [0.1, 0.15) is 36.5 Å². The fourth-order valence-corrected chi connectivity index (χ4v) is 2.59. The molecule has 1 amide bonds. The number of methoxy groups -OCH3 is 1. The zero-order chi connectivity index (χ0) is 15.2. The maximum absolute atomic E-state index is 12.6. The Bertz CT molecular complexity index is 490. The van der Waals surface area contributed by atoms with E-state index in [-0.39, 0.29) is 12.0 Å². The number of piperidine rings is 1. The van der Waals surface area contributed by atoms with Gasteiger partial charge >= 0.3 is 0 Å². The minimum Gasteiger partial charge on any atom is -0.497 e. The molecule has 1 saturated heterocycles. The second kappa shape index (κ2) is 7.31. The number of hydrogen-bond acceptors (Lipinski definition) is 4. The smallest absolute Gasteiger partial charge is 0.254 e. The van der Waals surface area contributed by atoms with E-state index in [1.54, 1.807) is 25.3 Å². The van der Waals surface area contributed by atoms with Crippen molar-refractivity contribution in [2.75, 3.05) is 32.5 Å². The van der Waals surface area contributed by atoms with Gasteiger partial charge in [-0.05, 0) is 31.4 Å². The summed E-state index contributed by atoms with van der Waals surface area (Å²) in [6.07, 6.45) is 3.13. The van der Waals surface area contributed by atoms with E-state index >= 15 is 0 Å². The highest BCUT2D eigenvalue weighted by atomic mass is 16.5. The van der Waals surface area contributed by atoms with Crippen molar-refractivity contribution in [3.05, 3.63) is 23.8 Å². The minimum atomic E-state index is -0.00889. The molecule has 0 aromatic heterocycles. The third kappa shape index (κ3) is 4.11. The Balaban J connectivity index is 2.06. The first-order valence-corrected chi connectivity index (χ1v) is 7.49. The number of hydrogen-bond donors (Lipinski definition) is 1. The number of nitrogen functional groups attached to an aromatic ring is 1. The van der Waals surface area contributed by atoms with Crippen LogP contribution in [0.5, 0.6) is 5.75 Å². The van der Waals surface area contributed by atoms with Crippen molar-refractivity contribution in [2.24, 2.45) is 0 Å². The van der Waals surface area contributed by atoms with Gasteiger partial charge in [-0.2, -0.15) is 0 Å². The molecule has 1 fully saturated rings. The predicted molar refractivity (Wildman–Crippen MR) is 82.6 cm³/mol. The van der Waals surface area contributed by atoms with Gasteiger partial charge in [0.1, 0.15) is 5.75 Å². The van der Waals surface area contributed by atoms with Crippen LogP contribution in [0, 0.1) is 0 Å². The SMILES string of the molecule is CCCOC1CCCN(C(=O)c2cc(N)cc(OC)c2)C1. The molecule has 1 atom stereocenters. The lowest BCUT2D eigenvalue weighted by Crippen LogP contribution is -2.43. The molecule has 116 valence electrons. The molecule has 1 unspecified atom stereocenters. The molecule has 1 aliphatic heterocycles. The maximum Gasteiger partial charge on any atom is 0.254 e. The summed E-state index contributed by atoms with van der Waals surface area (Å²) in [5.41, 5.74) is 6.93. The van der Waals surface area contributed by atoms with Gasteiger partial charge in [-0.1, -0.05) is 6.92 Å². The van der Waals surface area contributed by atoms with Crippen molar-refractivity contribution in [1.82, 2.24) is 4.90 Å². The first kappa shape index (κ1) is 15.6. The highest BCUT2D eigenvalue weighted by molar-refractivity contribution is 5.95. The summed E-state index contributed by atoms with van der Waals surface area (Å²) in [5, 5.41) is 0. The third-order valence-electron chi connectivity index (χ3n) is 3.63. The lowest BCUT2D eigenvalue weighted by Gasteiger charge is -2.32. The lowest BCUT2D eigenvalue weighted by atomic mass is 10.1. The summed E-state index contributed by atoms with van der Waals surface area (Å²) in [6, 6.07) is 5.14. The zero-order valence-corrected chi connectivity index (χ0v) is 12.8. The number of carbonyl (C=O) groups is 1. The summed E-state index contributed by atoms with van der Waals surface area (Å²) in [6.45, 7) is 4.25. The molecule has 0 radical (unpaired) electrons. The van der Waals surface area contributed by atoms with Crippen molar-refractivity contribution >= 4 is 11.6 Å². The highest BCUT2D eigenvalue weighted by Crippen LogP contribution is 2.22. The Morgan fingerprint density at radius 2 is 2.24 bits per heavy atom. The van der Waals surface area contributed by atoms with Crippen LogP contribution < -0.4 is 10.5 Å². The first-order chi connectivity index (χ1) is 10.1. The van der Waals surface area contributed by atoms with Crippen molar-refractivity contribution in [3.8, 4) is 5.75 Å². The van der Waals surface area contributed by atoms with Gasteiger partial charge in [0.25, 0.3) is 5.91 Å². The average Bonchev–Trinajstić information content (AvgIpc) is 2.51. The monoisotopic (exact) mass is 292 g/mol. The van der Waals surface area contributed by atoms with Crippen LogP contribution in [-0.2, 0) is 4.74 Å². The zero-order valence-electron chi connectivity index (χ0n) is 12.8. The second-order valence-electron chi connectivity index (χ2n) is 5.38. The predicted octanol–water partition coefficient (Wildman–Crippen LogP) is 2.31. The first-order valence-electron chi connectivity index (χ1n) is 7.49. The lowest BCUT2D eigenvalue weighted by molar-refractivity contribution is 0.00211. The van der Waals surface area contributed by atoms with Crippen molar-refractivity contribution < 1.29 is 14.3 Å². The molecule has 5 heteroatoms. The summed E-state index contributed by atoms with van der Waals surface area (Å²) in [5.74, 6) is 0.597. The van der Waals surface area contributed by atoms with Gasteiger partial charge in [-0.15, -0.1) is 0 Å². The van der Waals surface area contributed by atoms with Gasteiger partial charge in [-0.3, -0.25) is 4.79 Å². The Morgan fingerprint density at radius 3 is 2.95 bits per heavy atom. The third-order valence-corrected chi connectivity index (χ3v) is 3.63. The van der Waals surface area contributed by atoms with E-state index in [1.165, 1.54) is 0 Å². The Morgan fingerprint density at radius 1 is 1.43 bits per heavy atom.